The molecule has 0 saturated heterocycles. The molecule has 0 spiro atoms. The van der Waals surface area contributed by atoms with Gasteiger partial charge in [0, 0.05) is 17.1 Å². The second kappa shape index (κ2) is 15.6. The highest BCUT2D eigenvalue weighted by atomic mass is 15.1. The van der Waals surface area contributed by atoms with Crippen LogP contribution in [0.15, 0.2) is 249 Å². The molecule has 0 atom stereocenters. The summed E-state index contributed by atoms with van der Waals surface area (Å²) in [5.74, 6) is 0. The molecule has 0 aliphatic carbocycles. The molecule has 11 aromatic carbocycles. The van der Waals surface area contributed by atoms with Crippen LogP contribution in [0.3, 0.4) is 0 Å². The van der Waals surface area contributed by atoms with Gasteiger partial charge in [0.1, 0.15) is 0 Å². The molecule has 0 amide bonds. The molecule has 1 heteroatoms. The maximum Gasteiger partial charge on any atom is 0.0468 e. The van der Waals surface area contributed by atoms with Gasteiger partial charge >= 0.3 is 0 Å². The van der Waals surface area contributed by atoms with Crippen LogP contribution < -0.4 is 4.90 Å². The van der Waals surface area contributed by atoms with Gasteiger partial charge in [0.25, 0.3) is 0 Å². The zero-order valence-corrected chi connectivity index (χ0v) is 33.6. The predicted molar refractivity (Wildman–Crippen MR) is 261 cm³/mol. The van der Waals surface area contributed by atoms with Crippen LogP contribution in [0, 0.1) is 0 Å². The fourth-order valence-electron chi connectivity index (χ4n) is 9.08. The minimum atomic E-state index is 1.09. The van der Waals surface area contributed by atoms with Gasteiger partial charge in [-0.25, -0.2) is 0 Å². The third-order valence-corrected chi connectivity index (χ3v) is 12.1. The van der Waals surface area contributed by atoms with Gasteiger partial charge in [-0.3, -0.25) is 0 Å². The Bertz CT molecular complexity index is 3340. The van der Waals surface area contributed by atoms with E-state index in [4.69, 9.17) is 0 Å². The molecule has 0 N–H and O–H groups in total. The van der Waals surface area contributed by atoms with Crippen LogP contribution in [0.25, 0.3) is 88.0 Å². The van der Waals surface area contributed by atoms with Crippen molar-refractivity contribution >= 4 is 49.4 Å². The molecule has 0 aliphatic rings. The summed E-state index contributed by atoms with van der Waals surface area (Å²) in [4.78, 5) is 2.41. The lowest BCUT2D eigenvalue weighted by Gasteiger charge is -2.27. The quantitative estimate of drug-likeness (QED) is 0.139. The summed E-state index contributed by atoms with van der Waals surface area (Å²) in [5.41, 5.74) is 15.3. The summed E-state index contributed by atoms with van der Waals surface area (Å²) >= 11 is 0. The molecule has 286 valence electrons. The van der Waals surface area contributed by atoms with Gasteiger partial charge in [0.2, 0.25) is 0 Å². The summed E-state index contributed by atoms with van der Waals surface area (Å²) < 4.78 is 0. The number of hydrogen-bond donors (Lipinski definition) is 0. The van der Waals surface area contributed by atoms with Crippen molar-refractivity contribution in [3.8, 4) is 55.6 Å². The summed E-state index contributed by atoms with van der Waals surface area (Å²) in [6, 6.07) is 90.5. The smallest absolute Gasteiger partial charge is 0.0468 e. The summed E-state index contributed by atoms with van der Waals surface area (Å²) in [6.45, 7) is 0. The van der Waals surface area contributed by atoms with E-state index in [1.807, 2.05) is 0 Å². The van der Waals surface area contributed by atoms with E-state index in [0.717, 1.165) is 17.1 Å². The van der Waals surface area contributed by atoms with Crippen LogP contribution in [-0.2, 0) is 0 Å². The number of rotatable bonds is 8. The standard InChI is InChI=1S/C60H41N/c1-3-15-42(16-4-1)58-38-37-52(41-59(58)44-17-5-2-6-18-44)61(51-36-33-47-30-29-45-20-8-10-26-55(45)60(47)40-51)50-34-31-46(32-35-50)54-25-11-12-27-56(54)48-22-13-23-49(39-48)57-28-14-21-43-19-7-9-24-53(43)57/h1-41H. The Labute approximate surface area is 357 Å². The van der Waals surface area contributed by atoms with Gasteiger partial charge in [0.05, 0.1) is 0 Å². The van der Waals surface area contributed by atoms with Crippen molar-refractivity contribution < 1.29 is 0 Å². The highest BCUT2D eigenvalue weighted by Crippen LogP contribution is 2.43. The summed E-state index contributed by atoms with van der Waals surface area (Å²) in [7, 11) is 0. The molecule has 0 heterocycles. The first kappa shape index (κ1) is 36.1. The van der Waals surface area contributed by atoms with Crippen LogP contribution in [0.5, 0.6) is 0 Å². The first-order chi connectivity index (χ1) is 30.2. The average molecular weight is 776 g/mol. The number of fused-ring (bicyclic) bond motifs is 4. The lowest BCUT2D eigenvalue weighted by molar-refractivity contribution is 1.29. The van der Waals surface area contributed by atoms with E-state index in [9.17, 15) is 0 Å². The van der Waals surface area contributed by atoms with Crippen LogP contribution in [-0.4, -0.2) is 0 Å². The molecule has 0 radical (unpaired) electrons. The highest BCUT2D eigenvalue weighted by Gasteiger charge is 2.18. The zero-order chi connectivity index (χ0) is 40.5. The van der Waals surface area contributed by atoms with E-state index in [-0.39, 0.29) is 0 Å². The number of nitrogens with zero attached hydrogens (tertiary/aromatic N) is 1. The fraction of sp³-hybridized carbons (Fsp3) is 0. The third-order valence-electron chi connectivity index (χ3n) is 12.1. The first-order valence-corrected chi connectivity index (χ1v) is 21.0. The zero-order valence-electron chi connectivity index (χ0n) is 33.6. The summed E-state index contributed by atoms with van der Waals surface area (Å²) in [6.07, 6.45) is 0. The van der Waals surface area contributed by atoms with Gasteiger partial charge < -0.3 is 4.90 Å². The molecule has 0 saturated carbocycles. The van der Waals surface area contributed by atoms with Gasteiger partial charge in [0.15, 0.2) is 0 Å². The molecule has 61 heavy (non-hydrogen) atoms. The largest absolute Gasteiger partial charge is 0.310 e. The molecular formula is C60H41N. The Balaban J connectivity index is 1.04. The maximum absolute atomic E-state index is 2.41. The van der Waals surface area contributed by atoms with Gasteiger partial charge in [-0.05, 0) is 130 Å². The fourth-order valence-corrected chi connectivity index (χ4v) is 9.08. The SMILES string of the molecule is c1ccc(-c2ccc(N(c3ccc(-c4ccccc4-c4cccc(-c5cccc6ccccc56)c4)cc3)c3ccc4ccc5ccccc5c4c3)cc2-c2ccccc2)cc1. The molecule has 1 nitrogen and oxygen atoms in total. The second-order valence-corrected chi connectivity index (χ2v) is 15.7. The number of benzene rings is 11. The Kier molecular flexibility index (Phi) is 9.26. The molecule has 0 aliphatic heterocycles. The normalized spacial score (nSPS) is 11.3. The van der Waals surface area contributed by atoms with Crippen molar-refractivity contribution in [3.05, 3.63) is 249 Å². The number of hydrogen-bond acceptors (Lipinski definition) is 1. The Morgan fingerprint density at radius 1 is 0.197 bits per heavy atom. The minimum Gasteiger partial charge on any atom is -0.310 e. The number of anilines is 3. The van der Waals surface area contributed by atoms with Crippen molar-refractivity contribution in [3.63, 3.8) is 0 Å². The third kappa shape index (κ3) is 6.83. The van der Waals surface area contributed by atoms with E-state index in [0.29, 0.717) is 0 Å². The first-order valence-electron chi connectivity index (χ1n) is 21.0. The Morgan fingerprint density at radius 3 is 1.36 bits per heavy atom. The van der Waals surface area contributed by atoms with E-state index < -0.39 is 0 Å². The van der Waals surface area contributed by atoms with Gasteiger partial charge in [-0.1, -0.05) is 206 Å². The maximum atomic E-state index is 2.41. The molecule has 0 aromatic heterocycles. The molecule has 0 unspecified atom stereocenters. The van der Waals surface area contributed by atoms with Gasteiger partial charge in [-0.2, -0.15) is 0 Å². The van der Waals surface area contributed by atoms with Crippen molar-refractivity contribution in [2.75, 3.05) is 4.90 Å². The van der Waals surface area contributed by atoms with Crippen molar-refractivity contribution in [2.24, 2.45) is 0 Å². The molecule has 11 rings (SSSR count). The van der Waals surface area contributed by atoms with Crippen LogP contribution in [0.2, 0.25) is 0 Å². The average Bonchev–Trinajstić information content (AvgIpc) is 3.34. The predicted octanol–water partition coefficient (Wildman–Crippen LogP) is 17.0. The van der Waals surface area contributed by atoms with Crippen LogP contribution >= 0.6 is 0 Å². The molecular weight excluding hydrogens is 735 g/mol. The monoisotopic (exact) mass is 775 g/mol. The van der Waals surface area contributed by atoms with Crippen molar-refractivity contribution in [2.45, 2.75) is 0 Å². The van der Waals surface area contributed by atoms with Crippen LogP contribution in [0.4, 0.5) is 17.1 Å². The van der Waals surface area contributed by atoms with E-state index in [1.165, 1.54) is 88.0 Å². The minimum absolute atomic E-state index is 1.09. The van der Waals surface area contributed by atoms with Crippen molar-refractivity contribution in [1.29, 1.82) is 0 Å². The Morgan fingerprint density at radius 2 is 0.623 bits per heavy atom. The van der Waals surface area contributed by atoms with Crippen molar-refractivity contribution in [1.82, 2.24) is 0 Å². The molecule has 11 aromatic rings. The lowest BCUT2D eigenvalue weighted by atomic mass is 9.91. The molecule has 0 bridgehead atoms. The lowest BCUT2D eigenvalue weighted by Crippen LogP contribution is -2.10. The topological polar surface area (TPSA) is 3.24 Å². The van der Waals surface area contributed by atoms with E-state index in [2.05, 4.69) is 254 Å². The van der Waals surface area contributed by atoms with Crippen LogP contribution in [0.1, 0.15) is 0 Å². The van der Waals surface area contributed by atoms with Gasteiger partial charge in [-0.15, -0.1) is 0 Å². The molecule has 0 fully saturated rings. The second-order valence-electron chi connectivity index (χ2n) is 15.7. The van der Waals surface area contributed by atoms with E-state index >= 15 is 0 Å². The summed E-state index contributed by atoms with van der Waals surface area (Å²) in [5, 5.41) is 7.47. The van der Waals surface area contributed by atoms with E-state index in [1.54, 1.807) is 0 Å². The Hall–Kier alpha value is -8.00. The highest BCUT2D eigenvalue weighted by molar-refractivity contribution is 6.09.